The van der Waals surface area contributed by atoms with Gasteiger partial charge in [0.15, 0.2) is 11.6 Å². The van der Waals surface area contributed by atoms with Gasteiger partial charge < -0.3 is 10.5 Å². The number of ether oxygens (including phenoxy) is 1. The highest BCUT2D eigenvalue weighted by Gasteiger charge is 2.09. The number of hydrogen-bond donors (Lipinski definition) is 1. The first kappa shape index (κ1) is 11.9. The van der Waals surface area contributed by atoms with Gasteiger partial charge in [0.05, 0.1) is 17.3 Å². The van der Waals surface area contributed by atoms with Crippen LogP contribution in [0.4, 0.5) is 10.1 Å². The molecule has 2 rings (SSSR count). The summed E-state index contributed by atoms with van der Waals surface area (Å²) in [4.78, 5) is 0. The highest BCUT2D eigenvalue weighted by Crippen LogP contribution is 2.30. The number of para-hydroxylation sites is 1. The maximum absolute atomic E-state index is 13.5. The van der Waals surface area contributed by atoms with Gasteiger partial charge in [-0.15, -0.1) is 0 Å². The summed E-state index contributed by atoms with van der Waals surface area (Å²) < 4.78 is 18.9. The lowest BCUT2D eigenvalue weighted by atomic mass is 10.1. The van der Waals surface area contributed by atoms with Crippen molar-refractivity contribution in [1.82, 2.24) is 0 Å². The van der Waals surface area contributed by atoms with Crippen molar-refractivity contribution < 1.29 is 9.13 Å². The summed E-state index contributed by atoms with van der Waals surface area (Å²) in [6.45, 7) is 1.79. The van der Waals surface area contributed by atoms with Crippen molar-refractivity contribution >= 4 is 5.69 Å². The van der Waals surface area contributed by atoms with E-state index in [-0.39, 0.29) is 11.4 Å². The quantitative estimate of drug-likeness (QED) is 0.821. The Bertz CT molecular complexity index is 612. The topological polar surface area (TPSA) is 59.0 Å². The van der Waals surface area contributed by atoms with Gasteiger partial charge >= 0.3 is 0 Å². The van der Waals surface area contributed by atoms with Crippen molar-refractivity contribution in [2.24, 2.45) is 0 Å². The number of rotatable bonds is 2. The first-order valence-electron chi connectivity index (χ1n) is 5.34. The van der Waals surface area contributed by atoms with Crippen molar-refractivity contribution in [2.45, 2.75) is 6.92 Å². The summed E-state index contributed by atoms with van der Waals surface area (Å²) in [7, 11) is 0. The number of nitrogens with zero attached hydrogens (tertiary/aromatic N) is 1. The van der Waals surface area contributed by atoms with Crippen LogP contribution in [0.1, 0.15) is 11.1 Å². The molecule has 2 N–H and O–H groups in total. The van der Waals surface area contributed by atoms with Gasteiger partial charge in [-0.2, -0.15) is 5.26 Å². The molecule has 0 atom stereocenters. The van der Waals surface area contributed by atoms with Gasteiger partial charge in [-0.1, -0.05) is 6.07 Å². The minimum absolute atomic E-state index is 0.00149. The number of nitriles is 1. The highest BCUT2D eigenvalue weighted by atomic mass is 19.1. The molecule has 0 saturated carbocycles. The second-order valence-electron chi connectivity index (χ2n) is 3.85. The van der Waals surface area contributed by atoms with Crippen LogP contribution in [0.3, 0.4) is 0 Å². The highest BCUT2D eigenvalue weighted by molar-refractivity contribution is 5.55. The molecular formula is C14H11FN2O. The molecule has 0 spiro atoms. The molecule has 4 heteroatoms. The second-order valence-corrected chi connectivity index (χ2v) is 3.85. The van der Waals surface area contributed by atoms with Crippen LogP contribution in [-0.2, 0) is 0 Å². The predicted molar refractivity (Wildman–Crippen MR) is 66.8 cm³/mol. The fraction of sp³-hybridized carbons (Fsp3) is 0.0714. The maximum Gasteiger partial charge on any atom is 0.185 e. The van der Waals surface area contributed by atoms with Crippen LogP contribution in [0, 0.1) is 24.1 Å². The van der Waals surface area contributed by atoms with E-state index in [0.717, 1.165) is 5.56 Å². The molecule has 3 nitrogen and oxygen atoms in total. The zero-order valence-corrected chi connectivity index (χ0v) is 9.77. The molecule has 2 aromatic rings. The van der Waals surface area contributed by atoms with Crippen molar-refractivity contribution in [3.8, 4) is 17.6 Å². The Labute approximate surface area is 104 Å². The monoisotopic (exact) mass is 242 g/mol. The van der Waals surface area contributed by atoms with Crippen LogP contribution < -0.4 is 10.5 Å². The molecule has 0 fully saturated rings. The van der Waals surface area contributed by atoms with Gasteiger partial charge in [-0.05, 0) is 42.8 Å². The summed E-state index contributed by atoms with van der Waals surface area (Å²) in [5.41, 5.74) is 7.21. The van der Waals surface area contributed by atoms with Crippen molar-refractivity contribution in [3.05, 3.63) is 53.3 Å². The Kier molecular flexibility index (Phi) is 3.16. The molecule has 0 bridgehead atoms. The van der Waals surface area contributed by atoms with Crippen molar-refractivity contribution in [1.29, 1.82) is 5.26 Å². The normalized spacial score (nSPS) is 9.83. The van der Waals surface area contributed by atoms with E-state index in [1.807, 2.05) is 0 Å². The number of aryl methyl sites for hydroxylation is 1. The van der Waals surface area contributed by atoms with Crippen LogP contribution in [0.25, 0.3) is 0 Å². The summed E-state index contributed by atoms with van der Waals surface area (Å²) >= 11 is 0. The lowest BCUT2D eigenvalue weighted by Crippen LogP contribution is -1.95. The van der Waals surface area contributed by atoms with E-state index in [2.05, 4.69) is 6.07 Å². The van der Waals surface area contributed by atoms with E-state index in [0.29, 0.717) is 11.3 Å². The summed E-state index contributed by atoms with van der Waals surface area (Å²) in [5.74, 6) is -0.0677. The third-order valence-electron chi connectivity index (χ3n) is 2.54. The standard InChI is InChI=1S/C14H11FN2O/c1-9-7-11(6-5-10(9)8-16)18-14-12(15)3-2-4-13(14)17/h2-7H,17H2,1H3. The van der Waals surface area contributed by atoms with Gasteiger partial charge in [-0.3, -0.25) is 0 Å². The first-order valence-corrected chi connectivity index (χ1v) is 5.34. The van der Waals surface area contributed by atoms with Gasteiger partial charge in [0.2, 0.25) is 0 Å². The van der Waals surface area contributed by atoms with Gasteiger partial charge in [0.1, 0.15) is 5.75 Å². The average Bonchev–Trinajstić information content (AvgIpc) is 2.34. The number of nitrogens with two attached hydrogens (primary N) is 1. The molecule has 0 saturated heterocycles. The summed E-state index contributed by atoms with van der Waals surface area (Å²) in [6, 6.07) is 11.3. The number of hydrogen-bond acceptors (Lipinski definition) is 3. The lowest BCUT2D eigenvalue weighted by molar-refractivity contribution is 0.444. The van der Waals surface area contributed by atoms with Gasteiger partial charge in [0, 0.05) is 0 Å². The molecule has 0 amide bonds. The van der Waals surface area contributed by atoms with Crippen LogP contribution in [0.15, 0.2) is 36.4 Å². The van der Waals surface area contributed by atoms with E-state index in [1.54, 1.807) is 31.2 Å². The predicted octanol–water partition coefficient (Wildman–Crippen LogP) is 3.38. The molecule has 90 valence electrons. The Hall–Kier alpha value is -2.54. The Balaban J connectivity index is 2.35. The molecule has 0 aliphatic carbocycles. The Morgan fingerprint density at radius 1 is 1.28 bits per heavy atom. The van der Waals surface area contributed by atoms with Crippen LogP contribution in [0.5, 0.6) is 11.5 Å². The molecule has 18 heavy (non-hydrogen) atoms. The largest absolute Gasteiger partial charge is 0.452 e. The zero-order valence-electron chi connectivity index (χ0n) is 9.77. The molecular weight excluding hydrogens is 231 g/mol. The summed E-state index contributed by atoms with van der Waals surface area (Å²) in [5, 5.41) is 8.82. The number of halogens is 1. The maximum atomic E-state index is 13.5. The van der Waals surface area contributed by atoms with E-state index in [4.69, 9.17) is 15.7 Å². The fourth-order valence-corrected chi connectivity index (χ4v) is 1.58. The Morgan fingerprint density at radius 3 is 2.67 bits per heavy atom. The van der Waals surface area contributed by atoms with Gasteiger partial charge in [-0.25, -0.2) is 4.39 Å². The number of anilines is 1. The molecule has 0 aromatic heterocycles. The molecule has 0 radical (unpaired) electrons. The van der Waals surface area contributed by atoms with E-state index < -0.39 is 5.82 Å². The third-order valence-corrected chi connectivity index (χ3v) is 2.54. The number of nitrogen functional groups attached to an aromatic ring is 1. The van der Waals surface area contributed by atoms with Crippen LogP contribution >= 0.6 is 0 Å². The molecule has 0 unspecified atom stereocenters. The summed E-state index contributed by atoms with van der Waals surface area (Å²) in [6.07, 6.45) is 0. The minimum atomic E-state index is -0.517. The van der Waals surface area contributed by atoms with Crippen molar-refractivity contribution in [2.75, 3.05) is 5.73 Å². The molecule has 0 aliphatic heterocycles. The average molecular weight is 242 g/mol. The first-order chi connectivity index (χ1) is 8.61. The van der Waals surface area contributed by atoms with E-state index in [9.17, 15) is 4.39 Å². The third kappa shape index (κ3) is 2.25. The lowest BCUT2D eigenvalue weighted by Gasteiger charge is -2.10. The fourth-order valence-electron chi connectivity index (χ4n) is 1.58. The smallest absolute Gasteiger partial charge is 0.185 e. The minimum Gasteiger partial charge on any atom is -0.452 e. The van der Waals surface area contributed by atoms with Crippen molar-refractivity contribution in [3.63, 3.8) is 0 Å². The second kappa shape index (κ2) is 4.76. The van der Waals surface area contributed by atoms with E-state index >= 15 is 0 Å². The Morgan fingerprint density at radius 2 is 2.06 bits per heavy atom. The van der Waals surface area contributed by atoms with Gasteiger partial charge in [0.25, 0.3) is 0 Å². The van der Waals surface area contributed by atoms with Crippen LogP contribution in [-0.4, -0.2) is 0 Å². The molecule has 2 aromatic carbocycles. The van der Waals surface area contributed by atoms with E-state index in [1.165, 1.54) is 12.1 Å². The molecule has 0 heterocycles. The molecule has 0 aliphatic rings. The SMILES string of the molecule is Cc1cc(Oc2c(N)cccc2F)ccc1C#N. The number of benzene rings is 2. The van der Waals surface area contributed by atoms with Crippen LogP contribution in [0.2, 0.25) is 0 Å². The zero-order chi connectivity index (χ0) is 13.1.